The van der Waals surface area contributed by atoms with Crippen molar-refractivity contribution in [3.05, 3.63) is 29.8 Å². The number of aryl methyl sites for hydroxylation is 1. The van der Waals surface area contributed by atoms with E-state index in [4.69, 9.17) is 0 Å². The van der Waals surface area contributed by atoms with Crippen LogP contribution in [-0.2, 0) is 14.6 Å². The molecule has 146 valence electrons. The smallest absolute Gasteiger partial charge is 0.184 e. The topological polar surface area (TPSA) is 51.2 Å². The van der Waals surface area contributed by atoms with E-state index in [0.717, 1.165) is 36.3 Å². The molecule has 0 radical (unpaired) electrons. The summed E-state index contributed by atoms with van der Waals surface area (Å²) in [5.41, 5.74) is 1.04. The molecule has 2 rings (SSSR count). The molecule has 3 nitrogen and oxygen atoms in total. The fourth-order valence-corrected chi connectivity index (χ4v) is 9.08. The lowest BCUT2D eigenvalue weighted by Gasteiger charge is -2.35. The molecular formula is C20H30O3S3. The Kier molecular flexibility index (Phi) is 8.10. The SMILES string of the molecule is CCCCCC(CC(C)=O)(CC1SCCS1)S(=O)(=O)c1ccc(C)cc1. The summed E-state index contributed by atoms with van der Waals surface area (Å²) in [6.45, 7) is 5.59. The van der Waals surface area contributed by atoms with Crippen molar-refractivity contribution in [2.75, 3.05) is 11.5 Å². The van der Waals surface area contributed by atoms with E-state index in [1.807, 2.05) is 42.6 Å². The highest BCUT2D eigenvalue weighted by molar-refractivity contribution is 8.20. The van der Waals surface area contributed by atoms with Crippen LogP contribution >= 0.6 is 23.5 Å². The van der Waals surface area contributed by atoms with E-state index in [1.54, 1.807) is 12.1 Å². The standard InChI is InChI=1S/C20H30O3S3/c1-4-5-6-11-20(14-17(3)21,15-19-24-12-13-25-19)26(22,23)18-9-7-16(2)8-10-18/h7-10,19H,4-6,11-15H2,1-3H3. The van der Waals surface area contributed by atoms with Gasteiger partial charge in [-0.3, -0.25) is 4.79 Å². The summed E-state index contributed by atoms with van der Waals surface area (Å²) in [4.78, 5) is 12.5. The van der Waals surface area contributed by atoms with E-state index in [1.165, 1.54) is 6.92 Å². The first-order chi connectivity index (χ1) is 12.3. The molecule has 0 saturated carbocycles. The number of Topliss-reactive ketones (excluding diaryl/α,β-unsaturated/α-hetero) is 1. The van der Waals surface area contributed by atoms with Crippen LogP contribution in [0.25, 0.3) is 0 Å². The molecule has 0 spiro atoms. The average molecular weight is 415 g/mol. The number of thioether (sulfide) groups is 2. The van der Waals surface area contributed by atoms with Crippen molar-refractivity contribution in [2.24, 2.45) is 0 Å². The van der Waals surface area contributed by atoms with Crippen molar-refractivity contribution in [3.8, 4) is 0 Å². The van der Waals surface area contributed by atoms with Crippen molar-refractivity contribution < 1.29 is 13.2 Å². The number of hydrogen-bond donors (Lipinski definition) is 0. The summed E-state index contributed by atoms with van der Waals surface area (Å²) < 4.78 is 26.7. The molecule has 1 saturated heterocycles. The monoisotopic (exact) mass is 414 g/mol. The fraction of sp³-hybridized carbons (Fsp3) is 0.650. The van der Waals surface area contributed by atoms with E-state index in [9.17, 15) is 13.2 Å². The van der Waals surface area contributed by atoms with Crippen LogP contribution in [0.15, 0.2) is 29.2 Å². The molecule has 1 atom stereocenters. The number of hydrogen-bond acceptors (Lipinski definition) is 5. The van der Waals surface area contributed by atoms with Crippen LogP contribution in [0.1, 0.15) is 57.9 Å². The number of carbonyl (C=O) groups excluding carboxylic acids is 1. The van der Waals surface area contributed by atoms with Crippen molar-refractivity contribution >= 4 is 39.1 Å². The third-order valence-electron chi connectivity index (χ3n) is 4.94. The summed E-state index contributed by atoms with van der Waals surface area (Å²) in [5.74, 6) is 2.08. The molecule has 1 aliphatic heterocycles. The third-order valence-corrected chi connectivity index (χ3v) is 10.5. The van der Waals surface area contributed by atoms with Gasteiger partial charge in [0.05, 0.1) is 14.2 Å². The Hall–Kier alpha value is -0.460. The molecule has 1 unspecified atom stereocenters. The highest BCUT2D eigenvalue weighted by atomic mass is 32.2. The Morgan fingerprint density at radius 3 is 2.31 bits per heavy atom. The Morgan fingerprint density at radius 2 is 1.77 bits per heavy atom. The molecule has 1 fully saturated rings. The van der Waals surface area contributed by atoms with Gasteiger partial charge in [0.25, 0.3) is 0 Å². The molecule has 0 aromatic heterocycles. The van der Waals surface area contributed by atoms with Gasteiger partial charge in [0.2, 0.25) is 0 Å². The van der Waals surface area contributed by atoms with Gasteiger partial charge >= 0.3 is 0 Å². The van der Waals surface area contributed by atoms with Crippen molar-refractivity contribution in [2.45, 2.75) is 73.5 Å². The number of rotatable bonds is 10. The highest BCUT2D eigenvalue weighted by Gasteiger charge is 2.47. The Morgan fingerprint density at radius 1 is 1.15 bits per heavy atom. The van der Waals surface area contributed by atoms with Crippen molar-refractivity contribution in [1.82, 2.24) is 0 Å². The Labute approximate surface area is 167 Å². The number of benzene rings is 1. The second-order valence-electron chi connectivity index (χ2n) is 7.21. The van der Waals surface area contributed by atoms with Crippen LogP contribution in [0, 0.1) is 6.92 Å². The van der Waals surface area contributed by atoms with E-state index in [2.05, 4.69) is 6.92 Å². The van der Waals surface area contributed by atoms with Gasteiger partial charge in [-0.15, -0.1) is 23.5 Å². The number of ketones is 1. The lowest BCUT2D eigenvalue weighted by Crippen LogP contribution is -2.42. The normalized spacial score (nSPS) is 18.0. The summed E-state index contributed by atoms with van der Waals surface area (Å²) >= 11 is 3.67. The minimum Gasteiger partial charge on any atom is -0.300 e. The molecule has 0 bridgehead atoms. The van der Waals surface area contributed by atoms with E-state index in [-0.39, 0.29) is 16.8 Å². The molecule has 0 aliphatic carbocycles. The molecule has 1 heterocycles. The average Bonchev–Trinajstić information content (AvgIpc) is 3.07. The fourth-order valence-electron chi connectivity index (χ4n) is 3.55. The third kappa shape index (κ3) is 5.29. The van der Waals surface area contributed by atoms with Crippen LogP contribution in [0.2, 0.25) is 0 Å². The van der Waals surface area contributed by atoms with Gasteiger partial charge in [0, 0.05) is 17.9 Å². The lowest BCUT2D eigenvalue weighted by atomic mass is 9.92. The summed E-state index contributed by atoms with van der Waals surface area (Å²) in [5, 5.41) is 0. The minimum atomic E-state index is -3.59. The van der Waals surface area contributed by atoms with Gasteiger partial charge in [-0.25, -0.2) is 8.42 Å². The largest absolute Gasteiger partial charge is 0.300 e. The first-order valence-electron chi connectivity index (χ1n) is 9.35. The molecular weight excluding hydrogens is 384 g/mol. The summed E-state index contributed by atoms with van der Waals surface area (Å²) in [6, 6.07) is 7.09. The zero-order valence-corrected chi connectivity index (χ0v) is 18.4. The zero-order valence-electron chi connectivity index (χ0n) is 16.0. The molecule has 1 aliphatic rings. The van der Waals surface area contributed by atoms with E-state index >= 15 is 0 Å². The van der Waals surface area contributed by atoms with Crippen LogP contribution in [-0.4, -0.2) is 35.0 Å². The molecule has 0 amide bonds. The van der Waals surface area contributed by atoms with Crippen LogP contribution in [0.4, 0.5) is 0 Å². The Balaban J connectivity index is 2.45. The Bertz CT molecular complexity index is 692. The first kappa shape index (κ1) is 21.8. The van der Waals surface area contributed by atoms with Gasteiger partial charge in [0.15, 0.2) is 9.84 Å². The predicted octanol–water partition coefficient (Wildman–Crippen LogP) is 5.26. The van der Waals surface area contributed by atoms with Gasteiger partial charge in [-0.2, -0.15) is 0 Å². The molecule has 0 N–H and O–H groups in total. The van der Waals surface area contributed by atoms with Gasteiger partial charge in [-0.1, -0.05) is 43.9 Å². The number of unbranched alkanes of at least 4 members (excludes halogenated alkanes) is 2. The van der Waals surface area contributed by atoms with Gasteiger partial charge in [-0.05, 0) is 38.8 Å². The highest BCUT2D eigenvalue weighted by Crippen LogP contribution is 2.45. The van der Waals surface area contributed by atoms with Crippen LogP contribution in [0.5, 0.6) is 0 Å². The van der Waals surface area contributed by atoms with Crippen molar-refractivity contribution in [3.63, 3.8) is 0 Å². The number of carbonyl (C=O) groups is 1. The number of sulfone groups is 1. The van der Waals surface area contributed by atoms with Gasteiger partial charge < -0.3 is 0 Å². The van der Waals surface area contributed by atoms with E-state index in [0.29, 0.717) is 17.7 Å². The van der Waals surface area contributed by atoms with Crippen LogP contribution < -0.4 is 0 Å². The van der Waals surface area contributed by atoms with Crippen molar-refractivity contribution in [1.29, 1.82) is 0 Å². The zero-order chi connectivity index (χ0) is 19.2. The maximum absolute atomic E-state index is 13.7. The molecule has 26 heavy (non-hydrogen) atoms. The molecule has 1 aromatic rings. The second kappa shape index (κ2) is 9.65. The summed E-state index contributed by atoms with van der Waals surface area (Å²) in [6.07, 6.45) is 4.11. The van der Waals surface area contributed by atoms with Gasteiger partial charge in [0.1, 0.15) is 5.78 Å². The minimum absolute atomic E-state index is 0.0369. The maximum atomic E-state index is 13.7. The van der Waals surface area contributed by atoms with E-state index < -0.39 is 14.6 Å². The maximum Gasteiger partial charge on any atom is 0.184 e. The summed E-state index contributed by atoms with van der Waals surface area (Å²) in [7, 11) is -3.59. The quantitative estimate of drug-likeness (QED) is 0.489. The first-order valence-corrected chi connectivity index (χ1v) is 12.9. The van der Waals surface area contributed by atoms with Crippen LogP contribution in [0.3, 0.4) is 0 Å². The second-order valence-corrected chi connectivity index (χ2v) is 12.5. The molecule has 6 heteroatoms. The predicted molar refractivity (Wildman–Crippen MR) is 114 cm³/mol. The molecule has 1 aromatic carbocycles. The lowest BCUT2D eigenvalue weighted by molar-refractivity contribution is -0.117.